The summed E-state index contributed by atoms with van der Waals surface area (Å²) in [7, 11) is 0. The van der Waals surface area contributed by atoms with E-state index in [2.05, 4.69) is 73.9 Å². The molecule has 0 fully saturated rings. The van der Waals surface area contributed by atoms with Gasteiger partial charge in [0.05, 0.1) is 5.56 Å². The highest BCUT2D eigenvalue weighted by atomic mass is 19.1. The van der Waals surface area contributed by atoms with Crippen LogP contribution in [0.2, 0.25) is 0 Å². The van der Waals surface area contributed by atoms with Gasteiger partial charge in [-0.2, -0.15) is 0 Å². The van der Waals surface area contributed by atoms with Crippen molar-refractivity contribution >= 4 is 0 Å². The standard InChI is InChI=1S/C33H35F/c1-4-7-8-9-11-27-14-18-28(19-15-27)20-21-30-24-31(6-3)32(33(34)25-30)23-22-29-16-12-26(10-5-2)13-17-29/h12-19,24-25H,4-11H2,1-3H3. The molecule has 0 saturated heterocycles. The number of rotatable bonds is 8. The van der Waals surface area contributed by atoms with Crippen LogP contribution in [0.15, 0.2) is 60.7 Å². The smallest absolute Gasteiger partial charge is 0.140 e. The van der Waals surface area contributed by atoms with Crippen molar-refractivity contribution in [3.63, 3.8) is 0 Å². The van der Waals surface area contributed by atoms with Gasteiger partial charge in [-0.15, -0.1) is 0 Å². The van der Waals surface area contributed by atoms with E-state index >= 15 is 0 Å². The Morgan fingerprint density at radius 2 is 1.18 bits per heavy atom. The lowest BCUT2D eigenvalue weighted by molar-refractivity contribution is 0.621. The quantitative estimate of drug-likeness (QED) is 0.239. The monoisotopic (exact) mass is 450 g/mol. The summed E-state index contributed by atoms with van der Waals surface area (Å²) in [6.45, 7) is 6.43. The van der Waals surface area contributed by atoms with E-state index in [4.69, 9.17) is 0 Å². The van der Waals surface area contributed by atoms with E-state index in [1.807, 2.05) is 25.1 Å². The van der Waals surface area contributed by atoms with Crippen LogP contribution in [0.3, 0.4) is 0 Å². The van der Waals surface area contributed by atoms with Gasteiger partial charge < -0.3 is 0 Å². The summed E-state index contributed by atoms with van der Waals surface area (Å²) in [4.78, 5) is 0. The van der Waals surface area contributed by atoms with Crippen LogP contribution < -0.4 is 0 Å². The van der Waals surface area contributed by atoms with Gasteiger partial charge in [-0.1, -0.05) is 94.4 Å². The molecule has 1 heteroatoms. The molecule has 0 amide bonds. The number of halogens is 1. The number of hydrogen-bond donors (Lipinski definition) is 0. The second-order valence-electron chi connectivity index (χ2n) is 8.80. The number of benzene rings is 3. The third-order valence-corrected chi connectivity index (χ3v) is 6.00. The number of aryl methyl sites for hydroxylation is 3. The van der Waals surface area contributed by atoms with E-state index in [1.165, 1.54) is 42.9 Å². The molecule has 0 spiro atoms. The lowest BCUT2D eigenvalue weighted by Gasteiger charge is -2.05. The SMILES string of the molecule is CCCCCCc1ccc(C#Cc2cc(F)c(C#Cc3ccc(CCC)cc3)c(CC)c2)cc1. The fraction of sp³-hybridized carbons (Fsp3) is 0.333. The van der Waals surface area contributed by atoms with Crippen LogP contribution in [0.4, 0.5) is 4.39 Å². The van der Waals surface area contributed by atoms with Crippen LogP contribution in [0.5, 0.6) is 0 Å². The van der Waals surface area contributed by atoms with E-state index in [9.17, 15) is 4.39 Å². The summed E-state index contributed by atoms with van der Waals surface area (Å²) in [5.74, 6) is 12.2. The molecule has 0 aliphatic rings. The number of unbranched alkanes of at least 4 members (excludes halogenated alkanes) is 3. The summed E-state index contributed by atoms with van der Waals surface area (Å²) in [6.07, 6.45) is 9.09. The lowest BCUT2D eigenvalue weighted by atomic mass is 10.0. The van der Waals surface area contributed by atoms with E-state index in [1.54, 1.807) is 0 Å². The van der Waals surface area contributed by atoms with Gasteiger partial charge >= 0.3 is 0 Å². The minimum atomic E-state index is -0.304. The zero-order valence-corrected chi connectivity index (χ0v) is 20.8. The van der Waals surface area contributed by atoms with E-state index < -0.39 is 0 Å². The topological polar surface area (TPSA) is 0 Å². The third-order valence-electron chi connectivity index (χ3n) is 6.00. The van der Waals surface area contributed by atoms with Crippen LogP contribution in [-0.2, 0) is 19.3 Å². The zero-order chi connectivity index (χ0) is 24.2. The molecule has 0 heterocycles. The molecule has 0 atom stereocenters. The average molecular weight is 451 g/mol. The molecule has 0 aliphatic heterocycles. The second kappa shape index (κ2) is 13.4. The molecule has 174 valence electrons. The molecular weight excluding hydrogens is 415 g/mol. The fourth-order valence-corrected chi connectivity index (χ4v) is 3.99. The Morgan fingerprint density at radius 3 is 1.76 bits per heavy atom. The molecule has 0 N–H and O–H groups in total. The molecule has 0 nitrogen and oxygen atoms in total. The highest BCUT2D eigenvalue weighted by molar-refractivity contribution is 5.52. The Bertz CT molecular complexity index is 1180. The van der Waals surface area contributed by atoms with Crippen LogP contribution >= 0.6 is 0 Å². The van der Waals surface area contributed by atoms with Crippen molar-refractivity contribution in [3.8, 4) is 23.7 Å². The largest absolute Gasteiger partial charge is 0.206 e. The minimum Gasteiger partial charge on any atom is -0.206 e. The van der Waals surface area contributed by atoms with Crippen LogP contribution in [0, 0.1) is 29.5 Å². The molecule has 3 rings (SSSR count). The first-order valence-electron chi connectivity index (χ1n) is 12.7. The Hall–Kier alpha value is -3.29. The first-order chi connectivity index (χ1) is 16.6. The fourth-order valence-electron chi connectivity index (χ4n) is 3.99. The van der Waals surface area contributed by atoms with Gasteiger partial charge in [0.2, 0.25) is 0 Å². The van der Waals surface area contributed by atoms with Crippen LogP contribution in [0.25, 0.3) is 0 Å². The maximum Gasteiger partial charge on any atom is 0.140 e. The van der Waals surface area contributed by atoms with E-state index in [0.717, 1.165) is 36.0 Å². The first-order valence-corrected chi connectivity index (χ1v) is 12.7. The normalized spacial score (nSPS) is 10.2. The van der Waals surface area contributed by atoms with Gasteiger partial charge in [0.1, 0.15) is 5.82 Å². The summed E-state index contributed by atoms with van der Waals surface area (Å²) >= 11 is 0. The van der Waals surface area contributed by atoms with Gasteiger partial charge in [-0.3, -0.25) is 0 Å². The molecule has 0 bridgehead atoms. The highest BCUT2D eigenvalue weighted by Gasteiger charge is 2.07. The highest BCUT2D eigenvalue weighted by Crippen LogP contribution is 2.17. The predicted molar refractivity (Wildman–Crippen MR) is 142 cm³/mol. The molecular formula is C33H35F. The van der Waals surface area contributed by atoms with Gasteiger partial charge in [0, 0.05) is 16.7 Å². The number of hydrogen-bond acceptors (Lipinski definition) is 0. The molecule has 0 aliphatic carbocycles. The van der Waals surface area contributed by atoms with E-state index in [0.29, 0.717) is 17.5 Å². The van der Waals surface area contributed by atoms with Gasteiger partial charge in [-0.25, -0.2) is 4.39 Å². The summed E-state index contributed by atoms with van der Waals surface area (Å²) in [6, 6.07) is 20.1. The Morgan fingerprint density at radius 1 is 0.588 bits per heavy atom. The van der Waals surface area contributed by atoms with Gasteiger partial charge in [0.25, 0.3) is 0 Å². The summed E-state index contributed by atoms with van der Waals surface area (Å²) < 4.78 is 14.9. The third kappa shape index (κ3) is 7.64. The zero-order valence-electron chi connectivity index (χ0n) is 20.8. The maximum absolute atomic E-state index is 14.9. The minimum absolute atomic E-state index is 0.304. The maximum atomic E-state index is 14.9. The van der Waals surface area contributed by atoms with Crippen molar-refractivity contribution in [2.24, 2.45) is 0 Å². The first kappa shape index (κ1) is 25.3. The Kier molecular flexibility index (Phi) is 10.0. The molecule has 0 radical (unpaired) electrons. The molecule has 34 heavy (non-hydrogen) atoms. The summed E-state index contributed by atoms with van der Waals surface area (Å²) in [5.41, 5.74) is 6.56. The summed E-state index contributed by atoms with van der Waals surface area (Å²) in [5, 5.41) is 0. The van der Waals surface area contributed by atoms with Crippen molar-refractivity contribution < 1.29 is 4.39 Å². The average Bonchev–Trinajstić information content (AvgIpc) is 2.86. The van der Waals surface area contributed by atoms with Crippen molar-refractivity contribution in [2.45, 2.75) is 72.1 Å². The molecule has 3 aromatic rings. The van der Waals surface area contributed by atoms with Crippen molar-refractivity contribution in [2.75, 3.05) is 0 Å². The molecule has 0 unspecified atom stereocenters. The Labute approximate surface area is 205 Å². The molecule has 0 aromatic heterocycles. The van der Waals surface area contributed by atoms with Crippen molar-refractivity contribution in [1.82, 2.24) is 0 Å². The van der Waals surface area contributed by atoms with Crippen molar-refractivity contribution in [1.29, 1.82) is 0 Å². The Balaban J connectivity index is 1.73. The van der Waals surface area contributed by atoms with Gasteiger partial charge in [0.15, 0.2) is 0 Å². The van der Waals surface area contributed by atoms with Crippen LogP contribution in [-0.4, -0.2) is 0 Å². The van der Waals surface area contributed by atoms with Gasteiger partial charge in [-0.05, 0) is 78.8 Å². The van der Waals surface area contributed by atoms with E-state index in [-0.39, 0.29) is 5.82 Å². The van der Waals surface area contributed by atoms with Crippen molar-refractivity contribution in [3.05, 3.63) is 105 Å². The second-order valence-corrected chi connectivity index (χ2v) is 8.80. The molecule has 0 saturated carbocycles. The lowest BCUT2D eigenvalue weighted by Crippen LogP contribution is -1.95. The molecule has 3 aromatic carbocycles. The predicted octanol–water partition coefficient (Wildman–Crippen LogP) is 8.26. The van der Waals surface area contributed by atoms with Crippen LogP contribution in [0.1, 0.15) is 91.8 Å².